The highest BCUT2D eigenvalue weighted by atomic mass is 32.2. The number of carbonyl (C=O) groups is 2. The number of carbonyl (C=O) groups excluding carboxylic acids is 2. The van der Waals surface area contributed by atoms with Gasteiger partial charge in [-0.1, -0.05) is 30.3 Å². The molecule has 1 atom stereocenters. The molecule has 1 heterocycles. The Morgan fingerprint density at radius 1 is 1.12 bits per heavy atom. The maximum absolute atomic E-state index is 12.1. The monoisotopic (exact) mass is 382 g/mol. The number of rotatable bonds is 7. The first kappa shape index (κ1) is 18.9. The van der Waals surface area contributed by atoms with Gasteiger partial charge in [0.15, 0.2) is 0 Å². The van der Waals surface area contributed by atoms with Crippen LogP contribution in [0.25, 0.3) is 0 Å². The Balaban J connectivity index is 1.97. The molecule has 0 spiro atoms. The normalized spacial score (nSPS) is 12.4. The molecular formula is C15H18N4O4S2. The number of thiophene rings is 1. The van der Waals surface area contributed by atoms with Crippen molar-refractivity contribution in [3.63, 3.8) is 0 Å². The van der Waals surface area contributed by atoms with E-state index in [0.717, 1.165) is 16.9 Å². The summed E-state index contributed by atoms with van der Waals surface area (Å²) < 4.78 is 22.5. The zero-order valence-electron chi connectivity index (χ0n) is 13.1. The number of nitrogens with two attached hydrogens (primary N) is 2. The molecule has 25 heavy (non-hydrogen) atoms. The molecule has 0 fully saturated rings. The molecule has 0 saturated heterocycles. The van der Waals surface area contributed by atoms with Crippen LogP contribution in [0.1, 0.15) is 22.9 Å². The van der Waals surface area contributed by atoms with Gasteiger partial charge in [0.25, 0.3) is 0 Å². The summed E-state index contributed by atoms with van der Waals surface area (Å²) in [5.74, 6) is -0.312. The van der Waals surface area contributed by atoms with Crippen LogP contribution in [-0.2, 0) is 21.4 Å². The SMILES string of the molecule is NC(=O)N[C@H](CC(=O)NCc1ccc(S(N)(=O)=O)s1)c1ccccc1. The number of hydrogen-bond donors (Lipinski definition) is 4. The van der Waals surface area contributed by atoms with Crippen molar-refractivity contribution in [2.45, 2.75) is 23.2 Å². The van der Waals surface area contributed by atoms with Crippen LogP contribution in [0, 0.1) is 0 Å². The van der Waals surface area contributed by atoms with Gasteiger partial charge in [0.2, 0.25) is 15.9 Å². The van der Waals surface area contributed by atoms with Crippen molar-refractivity contribution in [3.05, 3.63) is 52.9 Å². The van der Waals surface area contributed by atoms with Gasteiger partial charge in [0, 0.05) is 4.88 Å². The third kappa shape index (κ3) is 5.85. The Bertz CT molecular complexity index is 849. The highest BCUT2D eigenvalue weighted by Gasteiger charge is 2.17. The van der Waals surface area contributed by atoms with E-state index in [-0.39, 0.29) is 23.1 Å². The van der Waals surface area contributed by atoms with Gasteiger partial charge in [-0.15, -0.1) is 11.3 Å². The van der Waals surface area contributed by atoms with E-state index in [0.29, 0.717) is 4.88 Å². The number of hydrogen-bond acceptors (Lipinski definition) is 5. The van der Waals surface area contributed by atoms with Crippen molar-refractivity contribution >= 4 is 33.3 Å². The van der Waals surface area contributed by atoms with E-state index < -0.39 is 22.1 Å². The minimum absolute atomic E-state index is 0.000370. The van der Waals surface area contributed by atoms with Crippen LogP contribution >= 0.6 is 11.3 Å². The molecule has 2 aromatic rings. The topological polar surface area (TPSA) is 144 Å². The van der Waals surface area contributed by atoms with E-state index in [4.69, 9.17) is 10.9 Å². The average Bonchev–Trinajstić information content (AvgIpc) is 3.02. The van der Waals surface area contributed by atoms with Gasteiger partial charge in [-0.25, -0.2) is 18.4 Å². The molecule has 0 radical (unpaired) electrons. The highest BCUT2D eigenvalue weighted by Crippen LogP contribution is 2.20. The van der Waals surface area contributed by atoms with Gasteiger partial charge in [0.1, 0.15) is 4.21 Å². The Kier molecular flexibility index (Phi) is 6.12. The van der Waals surface area contributed by atoms with E-state index in [1.165, 1.54) is 6.07 Å². The molecule has 3 amide bonds. The maximum Gasteiger partial charge on any atom is 0.312 e. The average molecular weight is 382 g/mol. The highest BCUT2D eigenvalue weighted by molar-refractivity contribution is 7.91. The molecule has 1 aromatic carbocycles. The third-order valence-electron chi connectivity index (χ3n) is 3.29. The Hall–Kier alpha value is -2.43. The lowest BCUT2D eigenvalue weighted by molar-refractivity contribution is -0.121. The fourth-order valence-corrected chi connectivity index (χ4v) is 3.88. The number of nitrogens with one attached hydrogen (secondary N) is 2. The van der Waals surface area contributed by atoms with Crippen molar-refractivity contribution in [3.8, 4) is 0 Å². The van der Waals surface area contributed by atoms with Gasteiger partial charge in [-0.3, -0.25) is 4.79 Å². The third-order valence-corrected chi connectivity index (χ3v) is 5.81. The first-order valence-electron chi connectivity index (χ1n) is 7.25. The van der Waals surface area contributed by atoms with Gasteiger partial charge < -0.3 is 16.4 Å². The Morgan fingerprint density at radius 3 is 2.36 bits per heavy atom. The number of amides is 3. The molecule has 0 aliphatic rings. The summed E-state index contributed by atoms with van der Waals surface area (Å²) >= 11 is 0.990. The fourth-order valence-electron chi connectivity index (χ4n) is 2.16. The lowest BCUT2D eigenvalue weighted by atomic mass is 10.0. The second kappa shape index (κ2) is 8.10. The van der Waals surface area contributed by atoms with E-state index in [2.05, 4.69) is 10.6 Å². The molecule has 1 aromatic heterocycles. The van der Waals surface area contributed by atoms with Gasteiger partial charge in [0.05, 0.1) is 19.0 Å². The zero-order chi connectivity index (χ0) is 18.4. The predicted molar refractivity (Wildman–Crippen MR) is 94.1 cm³/mol. The first-order chi connectivity index (χ1) is 11.8. The van der Waals surface area contributed by atoms with Crippen molar-refractivity contribution in [2.24, 2.45) is 10.9 Å². The van der Waals surface area contributed by atoms with Crippen molar-refractivity contribution in [1.29, 1.82) is 0 Å². The van der Waals surface area contributed by atoms with E-state index in [1.54, 1.807) is 30.3 Å². The van der Waals surface area contributed by atoms with E-state index in [9.17, 15) is 18.0 Å². The summed E-state index contributed by atoms with van der Waals surface area (Å²) in [4.78, 5) is 23.9. The number of primary sulfonamides is 1. The van der Waals surface area contributed by atoms with Crippen LogP contribution in [-0.4, -0.2) is 20.4 Å². The minimum atomic E-state index is -3.74. The summed E-state index contributed by atoms with van der Waals surface area (Å²) in [5.41, 5.74) is 5.92. The Labute approximate surface area is 149 Å². The molecule has 2 rings (SSSR count). The number of urea groups is 1. The molecule has 0 aliphatic heterocycles. The maximum atomic E-state index is 12.1. The molecule has 10 heteroatoms. The zero-order valence-corrected chi connectivity index (χ0v) is 14.8. The molecule has 6 N–H and O–H groups in total. The van der Waals surface area contributed by atoms with Crippen molar-refractivity contribution < 1.29 is 18.0 Å². The molecule has 0 aliphatic carbocycles. The van der Waals surface area contributed by atoms with Crippen molar-refractivity contribution in [1.82, 2.24) is 10.6 Å². The van der Waals surface area contributed by atoms with Gasteiger partial charge in [-0.2, -0.15) is 0 Å². The Morgan fingerprint density at radius 2 is 1.80 bits per heavy atom. The van der Waals surface area contributed by atoms with E-state index >= 15 is 0 Å². The van der Waals surface area contributed by atoms with Crippen LogP contribution in [0.15, 0.2) is 46.7 Å². The molecular weight excluding hydrogens is 364 g/mol. The number of sulfonamides is 1. The molecule has 134 valence electrons. The predicted octanol–water partition coefficient (Wildman–Crippen LogP) is 0.811. The summed E-state index contributed by atoms with van der Waals surface area (Å²) in [6, 6.07) is 10.7. The molecule has 0 unspecified atom stereocenters. The summed E-state index contributed by atoms with van der Waals surface area (Å²) in [5, 5.41) is 10.3. The van der Waals surface area contributed by atoms with Gasteiger partial charge >= 0.3 is 6.03 Å². The molecule has 0 bridgehead atoms. The lowest BCUT2D eigenvalue weighted by Crippen LogP contribution is -2.36. The molecule has 0 saturated carbocycles. The smallest absolute Gasteiger partial charge is 0.312 e. The fraction of sp³-hybridized carbons (Fsp3) is 0.200. The van der Waals surface area contributed by atoms with Crippen LogP contribution in [0.3, 0.4) is 0 Å². The van der Waals surface area contributed by atoms with Crippen LogP contribution in [0.4, 0.5) is 4.79 Å². The summed E-state index contributed by atoms with van der Waals surface area (Å²) in [7, 11) is -3.74. The number of benzene rings is 1. The van der Waals surface area contributed by atoms with Crippen LogP contribution < -0.4 is 21.5 Å². The summed E-state index contributed by atoms with van der Waals surface area (Å²) in [6.07, 6.45) is 0.000370. The minimum Gasteiger partial charge on any atom is -0.352 e. The standard InChI is InChI=1S/C15H18N4O4S2/c16-15(21)19-12(10-4-2-1-3-5-10)8-13(20)18-9-11-6-7-14(24-11)25(17,22)23/h1-7,12H,8-9H2,(H,18,20)(H3,16,19,21)(H2,17,22,23)/t12-/m1/s1. The van der Waals surface area contributed by atoms with Gasteiger partial charge in [-0.05, 0) is 17.7 Å². The second-order valence-electron chi connectivity index (χ2n) is 5.22. The van der Waals surface area contributed by atoms with Crippen LogP contribution in [0.2, 0.25) is 0 Å². The summed E-state index contributed by atoms with van der Waals surface area (Å²) in [6.45, 7) is 0.164. The van der Waals surface area contributed by atoms with Crippen LogP contribution in [0.5, 0.6) is 0 Å². The van der Waals surface area contributed by atoms with Crippen molar-refractivity contribution in [2.75, 3.05) is 0 Å². The van der Waals surface area contributed by atoms with E-state index in [1.807, 2.05) is 6.07 Å². The first-order valence-corrected chi connectivity index (χ1v) is 9.61. The number of primary amides is 1. The second-order valence-corrected chi connectivity index (χ2v) is 8.18. The molecule has 8 nitrogen and oxygen atoms in total. The largest absolute Gasteiger partial charge is 0.352 e. The lowest BCUT2D eigenvalue weighted by Gasteiger charge is -2.17. The quantitative estimate of drug-likeness (QED) is 0.561.